The zero-order chi connectivity index (χ0) is 16.1. The molecule has 2 aromatic rings. The summed E-state index contributed by atoms with van der Waals surface area (Å²) < 4.78 is 10.3. The van der Waals surface area contributed by atoms with E-state index >= 15 is 0 Å². The second kappa shape index (κ2) is 6.62. The normalized spacial score (nSPS) is 9.91. The maximum atomic E-state index is 12.4. The molecule has 0 saturated carbocycles. The van der Waals surface area contributed by atoms with Crippen LogP contribution in [0.15, 0.2) is 42.5 Å². The number of hydrogen-bond acceptors (Lipinski definition) is 4. The molecular formula is C16H16N2O4. The molecule has 2 aromatic carbocycles. The number of hydrogen-bond donors (Lipinski definition) is 2. The molecule has 2 rings (SSSR count). The molecule has 0 aliphatic carbocycles. The van der Waals surface area contributed by atoms with Crippen molar-refractivity contribution in [2.24, 2.45) is 5.73 Å². The first-order valence-corrected chi connectivity index (χ1v) is 6.48. The molecule has 0 aliphatic rings. The van der Waals surface area contributed by atoms with Gasteiger partial charge in [0.25, 0.3) is 5.91 Å². The third-order valence-corrected chi connectivity index (χ3v) is 3.06. The zero-order valence-corrected chi connectivity index (χ0v) is 12.3. The minimum atomic E-state index is -0.560. The van der Waals surface area contributed by atoms with Crippen molar-refractivity contribution in [3.8, 4) is 11.5 Å². The van der Waals surface area contributed by atoms with E-state index in [0.29, 0.717) is 28.3 Å². The Morgan fingerprint density at radius 3 is 2.45 bits per heavy atom. The minimum absolute atomic E-state index is 0.315. The van der Waals surface area contributed by atoms with Gasteiger partial charge in [0.05, 0.1) is 19.8 Å². The molecule has 0 aliphatic heterocycles. The Labute approximate surface area is 127 Å². The lowest BCUT2D eigenvalue weighted by Crippen LogP contribution is -2.15. The monoisotopic (exact) mass is 300 g/mol. The fourth-order valence-electron chi connectivity index (χ4n) is 1.94. The van der Waals surface area contributed by atoms with Crippen molar-refractivity contribution in [2.45, 2.75) is 0 Å². The minimum Gasteiger partial charge on any atom is -0.497 e. The molecule has 0 saturated heterocycles. The predicted octanol–water partition coefficient (Wildman–Crippen LogP) is 2.05. The highest BCUT2D eigenvalue weighted by molar-refractivity contribution is 6.07. The standard InChI is InChI=1S/C16H16N2O4/c1-21-12-6-7-14(22-2)13(9-12)16(20)18-11-5-3-4-10(8-11)15(17)19/h3-9H,1-2H3,(H2,17,19)(H,18,20). The fraction of sp³-hybridized carbons (Fsp3) is 0.125. The van der Waals surface area contributed by atoms with Gasteiger partial charge in [0.15, 0.2) is 0 Å². The smallest absolute Gasteiger partial charge is 0.259 e. The van der Waals surface area contributed by atoms with Gasteiger partial charge in [-0.05, 0) is 36.4 Å². The summed E-state index contributed by atoms with van der Waals surface area (Å²) >= 11 is 0. The quantitative estimate of drug-likeness (QED) is 0.884. The number of benzene rings is 2. The number of amides is 2. The molecule has 0 fully saturated rings. The topological polar surface area (TPSA) is 90.7 Å². The lowest BCUT2D eigenvalue weighted by Gasteiger charge is -2.11. The van der Waals surface area contributed by atoms with Crippen LogP contribution in [0.2, 0.25) is 0 Å². The molecular weight excluding hydrogens is 284 g/mol. The molecule has 2 amide bonds. The van der Waals surface area contributed by atoms with E-state index < -0.39 is 5.91 Å². The van der Waals surface area contributed by atoms with E-state index in [1.54, 1.807) is 36.4 Å². The van der Waals surface area contributed by atoms with Gasteiger partial charge in [0, 0.05) is 11.3 Å². The molecule has 0 bridgehead atoms. The maximum absolute atomic E-state index is 12.4. The third kappa shape index (κ3) is 3.35. The molecule has 114 valence electrons. The van der Waals surface area contributed by atoms with Crippen molar-refractivity contribution in [3.63, 3.8) is 0 Å². The van der Waals surface area contributed by atoms with Gasteiger partial charge < -0.3 is 20.5 Å². The number of anilines is 1. The first-order valence-electron chi connectivity index (χ1n) is 6.48. The van der Waals surface area contributed by atoms with E-state index in [0.717, 1.165) is 0 Å². The van der Waals surface area contributed by atoms with E-state index in [2.05, 4.69) is 5.32 Å². The molecule has 0 spiro atoms. The summed E-state index contributed by atoms with van der Waals surface area (Å²) in [5, 5.41) is 2.70. The highest BCUT2D eigenvalue weighted by atomic mass is 16.5. The fourth-order valence-corrected chi connectivity index (χ4v) is 1.94. The van der Waals surface area contributed by atoms with Crippen LogP contribution >= 0.6 is 0 Å². The van der Waals surface area contributed by atoms with Crippen molar-refractivity contribution >= 4 is 17.5 Å². The Hall–Kier alpha value is -3.02. The molecule has 0 unspecified atom stereocenters. The molecule has 0 atom stereocenters. The first-order chi connectivity index (χ1) is 10.5. The predicted molar refractivity (Wildman–Crippen MR) is 82.5 cm³/mol. The van der Waals surface area contributed by atoms with Crippen LogP contribution in [0.25, 0.3) is 0 Å². The molecule has 6 heteroatoms. The zero-order valence-electron chi connectivity index (χ0n) is 12.3. The number of primary amides is 1. The van der Waals surface area contributed by atoms with Gasteiger partial charge in [-0.15, -0.1) is 0 Å². The van der Waals surface area contributed by atoms with Crippen LogP contribution in [0, 0.1) is 0 Å². The van der Waals surface area contributed by atoms with Crippen LogP contribution in [0.5, 0.6) is 11.5 Å². The van der Waals surface area contributed by atoms with Gasteiger partial charge >= 0.3 is 0 Å². The van der Waals surface area contributed by atoms with Crippen LogP contribution in [0.4, 0.5) is 5.69 Å². The lowest BCUT2D eigenvalue weighted by atomic mass is 10.1. The van der Waals surface area contributed by atoms with Crippen molar-refractivity contribution in [1.29, 1.82) is 0 Å². The van der Waals surface area contributed by atoms with Crippen molar-refractivity contribution in [1.82, 2.24) is 0 Å². The Kier molecular flexibility index (Phi) is 4.63. The van der Waals surface area contributed by atoms with Gasteiger partial charge in [0.2, 0.25) is 5.91 Å². The van der Waals surface area contributed by atoms with Gasteiger partial charge in [-0.25, -0.2) is 0 Å². The summed E-state index contributed by atoms with van der Waals surface area (Å²) in [5.74, 6) is 0.0219. The molecule has 0 heterocycles. The van der Waals surface area contributed by atoms with E-state index in [-0.39, 0.29) is 5.91 Å². The highest BCUT2D eigenvalue weighted by Crippen LogP contribution is 2.25. The van der Waals surface area contributed by atoms with Gasteiger partial charge in [0.1, 0.15) is 11.5 Å². The van der Waals surface area contributed by atoms with Crippen LogP contribution < -0.4 is 20.5 Å². The summed E-state index contributed by atoms with van der Waals surface area (Å²) in [6, 6.07) is 11.3. The van der Waals surface area contributed by atoms with Gasteiger partial charge in [-0.1, -0.05) is 6.07 Å². The van der Waals surface area contributed by atoms with E-state index in [4.69, 9.17) is 15.2 Å². The van der Waals surface area contributed by atoms with Gasteiger partial charge in [-0.3, -0.25) is 9.59 Å². The average Bonchev–Trinajstić information content (AvgIpc) is 2.54. The second-order valence-electron chi connectivity index (χ2n) is 4.47. The van der Waals surface area contributed by atoms with E-state index in [9.17, 15) is 9.59 Å². The van der Waals surface area contributed by atoms with Crippen molar-refractivity contribution in [2.75, 3.05) is 19.5 Å². The number of methoxy groups -OCH3 is 2. The van der Waals surface area contributed by atoms with E-state index in [1.807, 2.05) is 0 Å². The largest absolute Gasteiger partial charge is 0.497 e. The molecule has 0 aromatic heterocycles. The number of rotatable bonds is 5. The van der Waals surface area contributed by atoms with Crippen molar-refractivity contribution in [3.05, 3.63) is 53.6 Å². The second-order valence-corrected chi connectivity index (χ2v) is 4.47. The Bertz CT molecular complexity index is 713. The highest BCUT2D eigenvalue weighted by Gasteiger charge is 2.14. The maximum Gasteiger partial charge on any atom is 0.259 e. The number of carbonyl (C=O) groups is 2. The number of nitrogens with two attached hydrogens (primary N) is 1. The molecule has 6 nitrogen and oxygen atoms in total. The van der Waals surface area contributed by atoms with E-state index in [1.165, 1.54) is 20.3 Å². The summed E-state index contributed by atoms with van der Waals surface area (Å²) in [6.45, 7) is 0. The molecule has 22 heavy (non-hydrogen) atoms. The van der Waals surface area contributed by atoms with Crippen LogP contribution in [-0.2, 0) is 0 Å². The number of ether oxygens (including phenoxy) is 2. The Morgan fingerprint density at radius 1 is 1.05 bits per heavy atom. The van der Waals surface area contributed by atoms with Crippen LogP contribution in [0.3, 0.4) is 0 Å². The number of nitrogens with one attached hydrogen (secondary N) is 1. The summed E-state index contributed by atoms with van der Waals surface area (Å²) in [6.07, 6.45) is 0. The van der Waals surface area contributed by atoms with Gasteiger partial charge in [-0.2, -0.15) is 0 Å². The molecule has 0 radical (unpaired) electrons. The summed E-state index contributed by atoms with van der Waals surface area (Å²) in [5.41, 5.74) is 6.32. The van der Waals surface area contributed by atoms with Crippen molar-refractivity contribution < 1.29 is 19.1 Å². The van der Waals surface area contributed by atoms with Crippen LogP contribution in [-0.4, -0.2) is 26.0 Å². The number of carbonyl (C=O) groups excluding carboxylic acids is 2. The first kappa shape index (κ1) is 15.4. The van der Waals surface area contributed by atoms with Crippen LogP contribution in [0.1, 0.15) is 20.7 Å². The Morgan fingerprint density at radius 2 is 1.82 bits per heavy atom. The summed E-state index contributed by atoms with van der Waals surface area (Å²) in [4.78, 5) is 23.5. The third-order valence-electron chi connectivity index (χ3n) is 3.06. The Balaban J connectivity index is 2.29. The SMILES string of the molecule is COc1ccc(OC)c(C(=O)Nc2cccc(C(N)=O)c2)c1. The average molecular weight is 300 g/mol. The summed E-state index contributed by atoms with van der Waals surface area (Å²) in [7, 11) is 2.99. The molecule has 3 N–H and O–H groups in total. The lowest BCUT2D eigenvalue weighted by molar-refractivity contribution is 0.0995.